The maximum Gasteiger partial charge on any atom is 0.272 e. The first kappa shape index (κ1) is 13.6. The van der Waals surface area contributed by atoms with Crippen molar-refractivity contribution in [3.63, 3.8) is 0 Å². The van der Waals surface area contributed by atoms with Crippen molar-refractivity contribution in [3.8, 4) is 0 Å². The molecule has 2 aromatic carbocycles. The number of nitrogens with zero attached hydrogens (tertiary/aromatic N) is 2. The second kappa shape index (κ2) is 5.02. The number of hydrogen-bond donors (Lipinski definition) is 1. The van der Waals surface area contributed by atoms with Crippen LogP contribution in [-0.2, 0) is 14.1 Å². The van der Waals surface area contributed by atoms with Gasteiger partial charge >= 0.3 is 0 Å². The predicted octanol–water partition coefficient (Wildman–Crippen LogP) is 3.92. The van der Waals surface area contributed by atoms with Gasteiger partial charge in [0, 0.05) is 42.1 Å². The van der Waals surface area contributed by atoms with Gasteiger partial charge in [0.25, 0.3) is 5.91 Å². The number of para-hydroxylation sites is 1. The van der Waals surface area contributed by atoms with Gasteiger partial charge < -0.3 is 14.5 Å². The zero-order valence-electron chi connectivity index (χ0n) is 13.1. The minimum absolute atomic E-state index is 0.0972. The average molecular weight is 303 g/mol. The lowest BCUT2D eigenvalue weighted by atomic mass is 10.2. The molecule has 4 rings (SSSR count). The molecule has 4 nitrogen and oxygen atoms in total. The maximum absolute atomic E-state index is 12.7. The molecular weight excluding hydrogens is 286 g/mol. The van der Waals surface area contributed by atoms with E-state index in [1.54, 1.807) is 0 Å². The van der Waals surface area contributed by atoms with Crippen LogP contribution < -0.4 is 5.32 Å². The molecule has 0 saturated carbocycles. The van der Waals surface area contributed by atoms with Crippen LogP contribution in [0.15, 0.2) is 60.8 Å². The minimum Gasteiger partial charge on any atom is -0.350 e. The summed E-state index contributed by atoms with van der Waals surface area (Å²) in [5.74, 6) is -0.0972. The van der Waals surface area contributed by atoms with Crippen LogP contribution in [0.25, 0.3) is 21.8 Å². The third-order valence-electron chi connectivity index (χ3n) is 4.36. The Morgan fingerprint density at radius 3 is 2.57 bits per heavy atom. The Balaban J connectivity index is 1.75. The Bertz CT molecular complexity index is 1040. The third kappa shape index (κ3) is 2.11. The van der Waals surface area contributed by atoms with Crippen molar-refractivity contribution in [3.05, 3.63) is 66.5 Å². The molecule has 0 atom stereocenters. The van der Waals surface area contributed by atoms with Crippen molar-refractivity contribution < 1.29 is 4.79 Å². The number of carbonyl (C=O) groups is 1. The topological polar surface area (TPSA) is 39.0 Å². The lowest BCUT2D eigenvalue weighted by Crippen LogP contribution is -2.15. The molecule has 0 radical (unpaired) electrons. The van der Waals surface area contributed by atoms with Crippen LogP contribution in [0.3, 0.4) is 0 Å². The molecule has 2 heterocycles. The van der Waals surface area contributed by atoms with Crippen LogP contribution >= 0.6 is 0 Å². The molecule has 0 fully saturated rings. The molecule has 0 aliphatic carbocycles. The third-order valence-corrected chi connectivity index (χ3v) is 4.36. The summed E-state index contributed by atoms with van der Waals surface area (Å²) in [6.07, 6.45) is 2.00. The van der Waals surface area contributed by atoms with Crippen molar-refractivity contribution in [1.82, 2.24) is 9.13 Å². The van der Waals surface area contributed by atoms with Crippen LogP contribution in [0.5, 0.6) is 0 Å². The standard InChI is InChI=1S/C19H17N3O/c1-21-11-10-14-15(7-5-9-17(14)21)20-19(23)18-12-13-6-3-4-8-16(13)22(18)2/h3-12H,1-2H3,(H,20,23). The maximum atomic E-state index is 12.7. The molecule has 23 heavy (non-hydrogen) atoms. The minimum atomic E-state index is -0.0972. The number of aromatic nitrogens is 2. The van der Waals surface area contributed by atoms with Gasteiger partial charge in [-0.15, -0.1) is 0 Å². The Morgan fingerprint density at radius 2 is 1.74 bits per heavy atom. The summed E-state index contributed by atoms with van der Waals surface area (Å²) in [4.78, 5) is 12.7. The zero-order chi connectivity index (χ0) is 16.0. The van der Waals surface area contributed by atoms with E-state index >= 15 is 0 Å². The van der Waals surface area contributed by atoms with Gasteiger partial charge in [-0.1, -0.05) is 24.3 Å². The second-order valence-electron chi connectivity index (χ2n) is 5.77. The quantitative estimate of drug-likeness (QED) is 0.599. The van der Waals surface area contributed by atoms with E-state index in [-0.39, 0.29) is 5.91 Å². The van der Waals surface area contributed by atoms with Gasteiger partial charge in [-0.2, -0.15) is 0 Å². The molecule has 4 heteroatoms. The van der Waals surface area contributed by atoms with E-state index in [9.17, 15) is 4.79 Å². The molecule has 114 valence electrons. The van der Waals surface area contributed by atoms with Gasteiger partial charge in [0.05, 0.1) is 5.69 Å². The van der Waals surface area contributed by atoms with Crippen molar-refractivity contribution in [1.29, 1.82) is 0 Å². The van der Waals surface area contributed by atoms with E-state index in [0.717, 1.165) is 27.5 Å². The molecule has 0 unspecified atom stereocenters. The SMILES string of the molecule is Cn1ccc2c(NC(=O)c3cc4ccccc4n3C)cccc21. The second-order valence-corrected chi connectivity index (χ2v) is 5.77. The molecule has 1 N–H and O–H groups in total. The number of benzene rings is 2. The van der Waals surface area contributed by atoms with E-state index in [1.165, 1.54) is 0 Å². The Morgan fingerprint density at radius 1 is 0.957 bits per heavy atom. The van der Waals surface area contributed by atoms with Crippen molar-refractivity contribution in [2.45, 2.75) is 0 Å². The Hall–Kier alpha value is -3.01. The molecule has 0 bridgehead atoms. The summed E-state index contributed by atoms with van der Waals surface area (Å²) >= 11 is 0. The van der Waals surface area contributed by atoms with Crippen LogP contribution in [0, 0.1) is 0 Å². The first-order valence-electron chi connectivity index (χ1n) is 7.55. The summed E-state index contributed by atoms with van der Waals surface area (Å²) in [6, 6.07) is 17.9. The first-order chi connectivity index (χ1) is 11.1. The molecule has 0 aliphatic rings. The monoisotopic (exact) mass is 303 g/mol. The number of amides is 1. The van der Waals surface area contributed by atoms with Gasteiger partial charge in [-0.3, -0.25) is 4.79 Å². The summed E-state index contributed by atoms with van der Waals surface area (Å²) < 4.78 is 3.97. The first-order valence-corrected chi connectivity index (χ1v) is 7.55. The van der Waals surface area contributed by atoms with E-state index in [0.29, 0.717) is 5.69 Å². The van der Waals surface area contributed by atoms with E-state index in [4.69, 9.17) is 0 Å². The predicted molar refractivity (Wildman–Crippen MR) is 93.8 cm³/mol. The summed E-state index contributed by atoms with van der Waals surface area (Å²) in [5, 5.41) is 5.15. The van der Waals surface area contributed by atoms with E-state index in [2.05, 4.69) is 5.32 Å². The zero-order valence-corrected chi connectivity index (χ0v) is 13.1. The molecular formula is C19H17N3O. The number of fused-ring (bicyclic) bond motifs is 2. The van der Waals surface area contributed by atoms with Gasteiger partial charge in [0.2, 0.25) is 0 Å². The van der Waals surface area contributed by atoms with Gasteiger partial charge in [-0.25, -0.2) is 0 Å². The normalized spacial score (nSPS) is 11.2. The number of hydrogen-bond acceptors (Lipinski definition) is 1. The van der Waals surface area contributed by atoms with Crippen molar-refractivity contribution >= 4 is 33.4 Å². The fourth-order valence-electron chi connectivity index (χ4n) is 3.10. The van der Waals surface area contributed by atoms with Crippen LogP contribution in [-0.4, -0.2) is 15.0 Å². The number of carbonyl (C=O) groups excluding carboxylic acids is 1. The van der Waals surface area contributed by atoms with E-state index < -0.39 is 0 Å². The molecule has 0 saturated heterocycles. The number of rotatable bonds is 2. The fourth-order valence-corrected chi connectivity index (χ4v) is 3.10. The molecule has 2 aromatic heterocycles. The highest BCUT2D eigenvalue weighted by molar-refractivity contribution is 6.10. The highest BCUT2D eigenvalue weighted by atomic mass is 16.1. The summed E-state index contributed by atoms with van der Waals surface area (Å²) in [6.45, 7) is 0. The number of nitrogens with one attached hydrogen (secondary N) is 1. The van der Waals surface area contributed by atoms with Crippen LogP contribution in [0.4, 0.5) is 5.69 Å². The Kier molecular flexibility index (Phi) is 2.98. The van der Waals surface area contributed by atoms with Gasteiger partial charge in [0.15, 0.2) is 0 Å². The fraction of sp³-hybridized carbons (Fsp3) is 0.105. The summed E-state index contributed by atoms with van der Waals surface area (Å²) in [7, 11) is 3.91. The highest BCUT2D eigenvalue weighted by Crippen LogP contribution is 2.25. The van der Waals surface area contributed by atoms with E-state index in [1.807, 2.05) is 84.0 Å². The van der Waals surface area contributed by atoms with Crippen LogP contribution in [0.1, 0.15) is 10.5 Å². The highest BCUT2D eigenvalue weighted by Gasteiger charge is 2.14. The lowest BCUT2D eigenvalue weighted by Gasteiger charge is -2.08. The van der Waals surface area contributed by atoms with Crippen molar-refractivity contribution in [2.24, 2.45) is 14.1 Å². The molecule has 1 amide bonds. The van der Waals surface area contributed by atoms with Crippen molar-refractivity contribution in [2.75, 3.05) is 5.32 Å². The molecule has 0 aliphatic heterocycles. The largest absolute Gasteiger partial charge is 0.350 e. The number of anilines is 1. The number of aryl methyl sites for hydroxylation is 2. The Labute approximate surface area is 133 Å². The molecule has 0 spiro atoms. The molecule has 4 aromatic rings. The summed E-state index contributed by atoms with van der Waals surface area (Å²) in [5.41, 5.74) is 3.63. The van der Waals surface area contributed by atoms with Gasteiger partial charge in [0.1, 0.15) is 5.69 Å². The van der Waals surface area contributed by atoms with Crippen LogP contribution in [0.2, 0.25) is 0 Å². The lowest BCUT2D eigenvalue weighted by molar-refractivity contribution is 0.102. The van der Waals surface area contributed by atoms with Gasteiger partial charge in [-0.05, 0) is 30.3 Å². The average Bonchev–Trinajstić information content (AvgIpc) is 3.10. The smallest absolute Gasteiger partial charge is 0.272 e.